The van der Waals surface area contributed by atoms with Crippen molar-refractivity contribution < 1.29 is 22.7 Å². The normalized spacial score (nSPS) is 20.1. The summed E-state index contributed by atoms with van der Waals surface area (Å²) in [6.45, 7) is 7.66. The number of benzene rings is 1. The summed E-state index contributed by atoms with van der Waals surface area (Å²) < 4.78 is 46.3. The van der Waals surface area contributed by atoms with E-state index in [0.717, 1.165) is 12.1 Å². The maximum Gasteiger partial charge on any atom is 0.416 e. The van der Waals surface area contributed by atoms with E-state index >= 15 is 0 Å². The lowest BCUT2D eigenvalue weighted by Gasteiger charge is -2.47. The van der Waals surface area contributed by atoms with Gasteiger partial charge < -0.3 is 20.4 Å². The Labute approximate surface area is 242 Å². The van der Waals surface area contributed by atoms with Crippen LogP contribution in [-0.2, 0) is 17.5 Å². The van der Waals surface area contributed by atoms with E-state index in [-0.39, 0.29) is 47.7 Å². The summed E-state index contributed by atoms with van der Waals surface area (Å²) in [6.07, 6.45) is 0.257. The Morgan fingerprint density at radius 1 is 1.17 bits per heavy atom. The van der Waals surface area contributed by atoms with Crippen molar-refractivity contribution in [2.75, 3.05) is 11.9 Å². The zero-order valence-corrected chi connectivity index (χ0v) is 24.5. The number of anilines is 1. The van der Waals surface area contributed by atoms with Gasteiger partial charge in [0, 0.05) is 49.1 Å². The molecule has 2 aromatic rings. The number of hydrogen-bond donors (Lipinski definition) is 1. The van der Waals surface area contributed by atoms with Crippen molar-refractivity contribution in [2.45, 2.75) is 90.3 Å². The highest BCUT2D eigenvalue weighted by Crippen LogP contribution is 2.35. The first-order valence-corrected chi connectivity index (χ1v) is 13.8. The quantitative estimate of drug-likeness (QED) is 0.123. The molecule has 3 atom stereocenters. The molecule has 0 saturated carbocycles. The Bertz CT molecular complexity index is 1230. The second-order valence-electron chi connectivity index (χ2n) is 10.1. The summed E-state index contributed by atoms with van der Waals surface area (Å²) in [5.74, 6) is 5.70. The van der Waals surface area contributed by atoms with Crippen molar-refractivity contribution in [1.82, 2.24) is 14.9 Å². The molecule has 1 saturated heterocycles. The predicted octanol–water partition coefficient (Wildman–Crippen LogP) is 6.42. The summed E-state index contributed by atoms with van der Waals surface area (Å²) >= 11 is 6.11. The van der Waals surface area contributed by atoms with Crippen molar-refractivity contribution in [2.24, 2.45) is 21.2 Å². The Morgan fingerprint density at radius 3 is 2.27 bits per heavy atom. The number of aliphatic imine (C=N–C) groups is 1. The number of nitrogens with two attached hydrogens (primary N) is 1. The first-order valence-electron chi connectivity index (χ1n) is 13.4. The lowest BCUT2D eigenvalue weighted by Crippen LogP contribution is -2.57. The van der Waals surface area contributed by atoms with Gasteiger partial charge in [0.05, 0.1) is 17.2 Å². The van der Waals surface area contributed by atoms with Crippen molar-refractivity contribution in [3.8, 4) is 0 Å². The van der Waals surface area contributed by atoms with Crippen molar-refractivity contribution in [1.29, 1.82) is 0 Å². The standard InChI is InChI=1S/C27H36ClF3N8O2/c1-6-21-11-23(12-22(7-2)39(21)26(40)41-16(3)4)38(15-17-8-19(27(29,30)31)10-20(28)9-17)25-34-13-18(14-35-25)24(33-5)36-37-32/h8-10,13-14,16,21-23H,6-7,11-12,15H2,1-5H3,(H2,32,33,36)/t21-,22+,23?. The molecule has 0 bridgehead atoms. The van der Waals surface area contributed by atoms with Crippen molar-refractivity contribution >= 4 is 29.5 Å². The molecular formula is C27H36ClF3N8O2. The Hall–Kier alpha value is -3.48. The third-order valence-electron chi connectivity index (χ3n) is 6.96. The number of alkyl halides is 3. The van der Waals surface area contributed by atoms with Crippen LogP contribution in [0.2, 0.25) is 5.02 Å². The van der Waals surface area contributed by atoms with Crippen molar-refractivity contribution in [3.05, 3.63) is 52.3 Å². The smallest absolute Gasteiger partial charge is 0.416 e. The van der Waals surface area contributed by atoms with Crippen LogP contribution in [0.5, 0.6) is 0 Å². The molecule has 1 amide bonds. The molecule has 3 rings (SSSR count). The zero-order valence-electron chi connectivity index (χ0n) is 23.8. The number of nitrogens with zero attached hydrogens (tertiary/aromatic N) is 7. The van der Waals surface area contributed by atoms with Gasteiger partial charge in [-0.05, 0) is 63.3 Å². The molecule has 41 heavy (non-hydrogen) atoms. The van der Waals surface area contributed by atoms with Gasteiger partial charge in [-0.2, -0.15) is 13.2 Å². The first-order chi connectivity index (χ1) is 19.4. The minimum absolute atomic E-state index is 0.0221. The molecule has 1 fully saturated rings. The highest BCUT2D eigenvalue weighted by Gasteiger charge is 2.41. The number of halogens is 4. The molecule has 1 unspecified atom stereocenters. The van der Waals surface area contributed by atoms with Gasteiger partial charge in [-0.25, -0.2) is 14.8 Å². The highest BCUT2D eigenvalue weighted by atomic mass is 35.5. The number of aromatic nitrogens is 2. The molecular weight excluding hydrogens is 561 g/mol. The molecule has 2 heterocycles. The lowest BCUT2D eigenvalue weighted by atomic mass is 9.87. The number of hydrogen-bond acceptors (Lipinski definition) is 7. The van der Waals surface area contributed by atoms with Gasteiger partial charge >= 0.3 is 12.3 Å². The maximum absolute atomic E-state index is 13.6. The average molecular weight is 597 g/mol. The summed E-state index contributed by atoms with van der Waals surface area (Å²) in [5, 5.41) is 7.00. The van der Waals surface area contributed by atoms with E-state index in [2.05, 4.69) is 25.3 Å². The number of likely N-dealkylation sites (tertiary alicyclic amines) is 1. The molecule has 1 aliphatic rings. The minimum atomic E-state index is -4.56. The number of rotatable bonds is 8. The van der Waals surface area contributed by atoms with Crippen molar-refractivity contribution in [3.63, 3.8) is 0 Å². The Balaban J connectivity index is 2.04. The van der Waals surface area contributed by atoms with Crippen LogP contribution in [0.3, 0.4) is 0 Å². The third-order valence-corrected chi connectivity index (χ3v) is 7.18. The maximum atomic E-state index is 13.6. The lowest BCUT2D eigenvalue weighted by molar-refractivity contribution is -0.137. The average Bonchev–Trinajstić information content (AvgIpc) is 2.92. The number of piperidine rings is 1. The largest absolute Gasteiger partial charge is 0.447 e. The monoisotopic (exact) mass is 596 g/mol. The highest BCUT2D eigenvalue weighted by molar-refractivity contribution is 6.30. The molecule has 14 heteroatoms. The number of ether oxygens (including phenoxy) is 1. The van der Waals surface area contributed by atoms with Crippen LogP contribution in [0.4, 0.5) is 23.9 Å². The fourth-order valence-electron chi connectivity index (χ4n) is 5.13. The molecule has 1 aliphatic heterocycles. The van der Waals surface area contributed by atoms with E-state index in [1.165, 1.54) is 25.5 Å². The summed E-state index contributed by atoms with van der Waals surface area (Å²) in [6, 6.07) is 2.99. The van der Waals surface area contributed by atoms with Gasteiger partial charge in [-0.3, -0.25) is 4.99 Å². The summed E-state index contributed by atoms with van der Waals surface area (Å²) in [7, 11) is 1.52. The van der Waals surface area contributed by atoms with Crippen LogP contribution in [0, 0.1) is 0 Å². The number of amidine groups is 1. The van der Waals surface area contributed by atoms with Gasteiger partial charge in [0.2, 0.25) is 5.95 Å². The first kappa shape index (κ1) is 32.0. The van der Waals surface area contributed by atoms with Crippen LogP contribution in [0.15, 0.2) is 45.9 Å². The van der Waals surface area contributed by atoms with E-state index in [0.29, 0.717) is 42.8 Å². The second kappa shape index (κ2) is 13.9. The molecule has 10 nitrogen and oxygen atoms in total. The second-order valence-corrected chi connectivity index (χ2v) is 10.5. The van der Waals surface area contributed by atoms with Crippen LogP contribution in [0.1, 0.15) is 70.1 Å². The summed E-state index contributed by atoms with van der Waals surface area (Å²) in [4.78, 5) is 29.8. The fourth-order valence-corrected chi connectivity index (χ4v) is 5.39. The molecule has 224 valence electrons. The topological polar surface area (TPSA) is 122 Å². The minimum Gasteiger partial charge on any atom is -0.447 e. The van der Waals surface area contributed by atoms with Crippen LogP contribution in [0.25, 0.3) is 0 Å². The van der Waals surface area contributed by atoms with Gasteiger partial charge in [0.15, 0.2) is 5.84 Å². The van der Waals surface area contributed by atoms with E-state index in [4.69, 9.17) is 22.2 Å². The molecule has 0 radical (unpaired) electrons. The molecule has 0 aliphatic carbocycles. The van der Waals surface area contributed by atoms with Gasteiger partial charge in [-0.1, -0.05) is 30.7 Å². The fraction of sp³-hybridized carbons (Fsp3) is 0.556. The van der Waals surface area contributed by atoms with Gasteiger partial charge in [-0.15, -0.1) is 5.11 Å². The Kier molecular flexibility index (Phi) is 10.9. The number of amides is 1. The van der Waals surface area contributed by atoms with E-state index < -0.39 is 11.7 Å². The predicted molar refractivity (Wildman–Crippen MR) is 151 cm³/mol. The summed E-state index contributed by atoms with van der Waals surface area (Å²) in [5.41, 5.74) is -0.0131. The third kappa shape index (κ3) is 8.05. The molecule has 1 aromatic carbocycles. The van der Waals surface area contributed by atoms with Crippen LogP contribution in [-0.4, -0.2) is 58.1 Å². The molecule has 0 spiro atoms. The van der Waals surface area contributed by atoms with Gasteiger partial charge in [0.1, 0.15) is 0 Å². The van der Waals surface area contributed by atoms with Crippen LogP contribution < -0.4 is 10.7 Å². The van der Waals surface area contributed by atoms with E-state index in [1.807, 2.05) is 23.6 Å². The van der Waals surface area contributed by atoms with Gasteiger partial charge in [0.25, 0.3) is 0 Å². The van der Waals surface area contributed by atoms with E-state index in [9.17, 15) is 18.0 Å². The SMILES string of the molecule is CC[C@@H]1CC(N(Cc2cc(Cl)cc(C(F)(F)F)c2)c2ncc(C(N=NN)=NC)cn2)C[C@H](CC)N1C(=O)OC(C)C. The molecule has 2 N–H and O–H groups in total. The Morgan fingerprint density at radius 2 is 1.78 bits per heavy atom. The zero-order chi connectivity index (χ0) is 30.3. The van der Waals surface area contributed by atoms with Crippen LogP contribution >= 0.6 is 11.6 Å². The van der Waals surface area contributed by atoms with E-state index in [1.54, 1.807) is 13.8 Å². The number of carbonyl (C=O) groups is 1. The number of carbonyl (C=O) groups excluding carboxylic acids is 1. The molecule has 1 aromatic heterocycles.